The molecule has 3 rings (SSSR count). The first-order valence-electron chi connectivity index (χ1n) is 6.98. The molecule has 0 aliphatic heterocycles. The normalized spacial score (nSPS) is 11.6. The first-order valence-corrected chi connectivity index (χ1v) is 9.25. The van der Waals surface area contributed by atoms with Crippen molar-refractivity contribution in [1.82, 2.24) is 14.6 Å². The Labute approximate surface area is 151 Å². The van der Waals surface area contributed by atoms with Crippen LogP contribution in [0, 0.1) is 24.0 Å². The van der Waals surface area contributed by atoms with E-state index in [-0.39, 0.29) is 22.1 Å². The van der Waals surface area contributed by atoms with E-state index in [1.807, 2.05) is 0 Å². The number of hydrogen-bond acceptors (Lipinski definition) is 6. The smallest absolute Gasteiger partial charge is 0.258 e. The molecule has 0 amide bonds. The average Bonchev–Trinajstić information content (AvgIpc) is 2.89. The Morgan fingerprint density at radius 3 is 2.68 bits per heavy atom. The number of hydrogen-bond donors (Lipinski definition) is 1. The summed E-state index contributed by atoms with van der Waals surface area (Å²) in [7, 11) is -4.08. The highest BCUT2D eigenvalue weighted by atomic mass is 79.9. The van der Waals surface area contributed by atoms with Gasteiger partial charge in [0.1, 0.15) is 0 Å². The number of nitrogens with one attached hydrogen (secondary N) is 1. The first-order chi connectivity index (χ1) is 11.7. The molecule has 9 nitrogen and oxygen atoms in total. The van der Waals surface area contributed by atoms with E-state index >= 15 is 0 Å². The van der Waals surface area contributed by atoms with Crippen LogP contribution in [-0.4, -0.2) is 27.9 Å². The summed E-state index contributed by atoms with van der Waals surface area (Å²) in [5.41, 5.74) is 0.700. The Kier molecular flexibility index (Phi) is 4.21. The molecule has 130 valence electrons. The number of pyridine rings is 1. The summed E-state index contributed by atoms with van der Waals surface area (Å²) in [6.45, 7) is 2.98. The first kappa shape index (κ1) is 17.3. The molecule has 0 aliphatic carbocycles. The molecule has 1 aromatic carbocycles. The molecular formula is C14H12BrN5O4S. The standard InChI is InChI=1S/C14H12BrN5O4S/c1-8-5-11(20(21)22)9(2)12(6-8)25(23,24)18-14-16-13-7-10(15)3-4-19(13)17-14/h3-7H,1-2H3,(H,17,18). The van der Waals surface area contributed by atoms with E-state index in [9.17, 15) is 18.5 Å². The third-order valence-electron chi connectivity index (χ3n) is 3.49. The lowest BCUT2D eigenvalue weighted by Crippen LogP contribution is -2.16. The minimum atomic E-state index is -4.08. The molecule has 0 atom stereocenters. The number of aromatic nitrogens is 3. The Morgan fingerprint density at radius 1 is 1.28 bits per heavy atom. The SMILES string of the molecule is Cc1cc([N+](=O)[O-])c(C)c(S(=O)(=O)Nc2nc3cc(Br)ccn3n2)c1. The Morgan fingerprint density at radius 2 is 2.00 bits per heavy atom. The van der Waals surface area contributed by atoms with Crippen LogP contribution in [0.25, 0.3) is 5.65 Å². The number of fused-ring (bicyclic) bond motifs is 1. The number of halogens is 1. The molecule has 1 N–H and O–H groups in total. The van der Waals surface area contributed by atoms with E-state index in [4.69, 9.17) is 0 Å². The molecule has 2 heterocycles. The van der Waals surface area contributed by atoms with E-state index in [0.717, 1.165) is 4.47 Å². The van der Waals surface area contributed by atoms with Crippen molar-refractivity contribution in [2.45, 2.75) is 18.7 Å². The molecule has 0 spiro atoms. The quantitative estimate of drug-likeness (QED) is 0.506. The van der Waals surface area contributed by atoms with Gasteiger partial charge in [-0.3, -0.25) is 10.1 Å². The summed E-state index contributed by atoms with van der Waals surface area (Å²) >= 11 is 3.30. The van der Waals surface area contributed by atoms with Crippen molar-refractivity contribution in [2.24, 2.45) is 0 Å². The maximum Gasteiger partial charge on any atom is 0.273 e. The van der Waals surface area contributed by atoms with Crippen molar-refractivity contribution in [3.63, 3.8) is 0 Å². The maximum absolute atomic E-state index is 12.7. The fraction of sp³-hybridized carbons (Fsp3) is 0.143. The Bertz CT molecular complexity index is 1110. The molecule has 0 saturated heterocycles. The van der Waals surface area contributed by atoms with Gasteiger partial charge in [-0.25, -0.2) is 17.7 Å². The Hall–Kier alpha value is -2.53. The largest absolute Gasteiger partial charge is 0.273 e. The van der Waals surface area contributed by atoms with Crippen molar-refractivity contribution in [3.8, 4) is 0 Å². The van der Waals surface area contributed by atoms with Gasteiger partial charge in [0, 0.05) is 22.3 Å². The molecular weight excluding hydrogens is 414 g/mol. The molecule has 0 saturated carbocycles. The van der Waals surface area contributed by atoms with Crippen LogP contribution in [-0.2, 0) is 10.0 Å². The van der Waals surface area contributed by atoms with Gasteiger partial charge in [0.2, 0.25) is 0 Å². The predicted octanol–water partition coefficient (Wildman–Crippen LogP) is 2.82. The van der Waals surface area contributed by atoms with Crippen molar-refractivity contribution >= 4 is 43.2 Å². The number of anilines is 1. The van der Waals surface area contributed by atoms with E-state index in [0.29, 0.717) is 11.2 Å². The van der Waals surface area contributed by atoms with Gasteiger partial charge in [0.15, 0.2) is 5.65 Å². The van der Waals surface area contributed by atoms with E-state index in [1.165, 1.54) is 23.6 Å². The summed E-state index contributed by atoms with van der Waals surface area (Å²) in [6, 6.07) is 6.10. The minimum Gasteiger partial charge on any atom is -0.258 e. The summed E-state index contributed by atoms with van der Waals surface area (Å²) in [5.74, 6) is -0.123. The zero-order valence-electron chi connectivity index (χ0n) is 13.1. The molecule has 25 heavy (non-hydrogen) atoms. The zero-order chi connectivity index (χ0) is 18.4. The number of sulfonamides is 1. The van der Waals surface area contributed by atoms with Gasteiger partial charge in [-0.2, -0.15) is 4.98 Å². The molecule has 11 heteroatoms. The maximum atomic E-state index is 12.7. The number of aryl methyl sites for hydroxylation is 1. The van der Waals surface area contributed by atoms with Gasteiger partial charge in [0.05, 0.1) is 9.82 Å². The minimum absolute atomic E-state index is 0.0506. The molecule has 0 radical (unpaired) electrons. The lowest BCUT2D eigenvalue weighted by molar-refractivity contribution is -0.385. The van der Waals surface area contributed by atoms with Gasteiger partial charge in [-0.05, 0) is 37.6 Å². The van der Waals surface area contributed by atoms with Crippen LogP contribution in [0.3, 0.4) is 0 Å². The van der Waals surface area contributed by atoms with Gasteiger partial charge in [-0.15, -0.1) is 5.10 Å². The topological polar surface area (TPSA) is 120 Å². The van der Waals surface area contributed by atoms with E-state index in [1.54, 1.807) is 25.3 Å². The van der Waals surface area contributed by atoms with Gasteiger partial charge in [0.25, 0.3) is 21.7 Å². The highest BCUT2D eigenvalue weighted by Gasteiger charge is 2.25. The number of nitro groups is 1. The third kappa shape index (κ3) is 3.33. The molecule has 0 unspecified atom stereocenters. The molecule has 3 aromatic rings. The van der Waals surface area contributed by atoms with Crippen molar-refractivity contribution in [3.05, 3.63) is 56.2 Å². The van der Waals surface area contributed by atoms with Crippen molar-refractivity contribution < 1.29 is 13.3 Å². The van der Waals surface area contributed by atoms with Crippen LogP contribution in [0.2, 0.25) is 0 Å². The second kappa shape index (κ2) is 6.08. The highest BCUT2D eigenvalue weighted by Crippen LogP contribution is 2.28. The molecule has 0 bridgehead atoms. The van der Waals surface area contributed by atoms with Gasteiger partial charge >= 0.3 is 0 Å². The molecule has 0 fully saturated rings. The highest BCUT2D eigenvalue weighted by molar-refractivity contribution is 9.10. The number of nitrogens with zero attached hydrogens (tertiary/aromatic N) is 4. The fourth-order valence-electron chi connectivity index (χ4n) is 2.35. The lowest BCUT2D eigenvalue weighted by Gasteiger charge is -2.09. The van der Waals surface area contributed by atoms with E-state index in [2.05, 4.69) is 30.7 Å². The summed E-state index contributed by atoms with van der Waals surface area (Å²) in [4.78, 5) is 14.4. The predicted molar refractivity (Wildman–Crippen MR) is 94.1 cm³/mol. The van der Waals surface area contributed by atoms with Crippen LogP contribution in [0.5, 0.6) is 0 Å². The second-order valence-electron chi connectivity index (χ2n) is 5.35. The van der Waals surface area contributed by atoms with Crippen LogP contribution in [0.1, 0.15) is 11.1 Å². The second-order valence-corrected chi connectivity index (χ2v) is 7.92. The van der Waals surface area contributed by atoms with Crippen LogP contribution >= 0.6 is 15.9 Å². The fourth-order valence-corrected chi connectivity index (χ4v) is 3.96. The van der Waals surface area contributed by atoms with Crippen molar-refractivity contribution in [1.29, 1.82) is 0 Å². The van der Waals surface area contributed by atoms with Crippen LogP contribution in [0.4, 0.5) is 11.6 Å². The Balaban J connectivity index is 2.05. The average molecular weight is 426 g/mol. The van der Waals surface area contributed by atoms with Gasteiger partial charge in [-0.1, -0.05) is 15.9 Å². The monoisotopic (exact) mass is 425 g/mol. The van der Waals surface area contributed by atoms with Crippen molar-refractivity contribution in [2.75, 3.05) is 4.72 Å². The molecule has 2 aromatic heterocycles. The zero-order valence-corrected chi connectivity index (χ0v) is 15.5. The summed E-state index contributed by atoms with van der Waals surface area (Å²) in [5, 5.41) is 15.2. The van der Waals surface area contributed by atoms with Gasteiger partial charge < -0.3 is 0 Å². The number of benzene rings is 1. The van der Waals surface area contributed by atoms with E-state index < -0.39 is 14.9 Å². The third-order valence-corrected chi connectivity index (χ3v) is 5.44. The number of nitro benzene ring substituents is 1. The summed E-state index contributed by atoms with van der Waals surface area (Å²) < 4.78 is 29.8. The van der Waals surface area contributed by atoms with Crippen LogP contribution < -0.4 is 4.72 Å². The molecule has 0 aliphatic rings. The summed E-state index contributed by atoms with van der Waals surface area (Å²) in [6.07, 6.45) is 1.62. The lowest BCUT2D eigenvalue weighted by atomic mass is 10.1. The van der Waals surface area contributed by atoms with Crippen LogP contribution in [0.15, 0.2) is 39.8 Å². The number of rotatable bonds is 4.